The highest BCUT2D eigenvalue weighted by Gasteiger charge is 2.15. The second kappa shape index (κ2) is 8.00. The van der Waals surface area contributed by atoms with Gasteiger partial charge >= 0.3 is 0 Å². The fourth-order valence-corrected chi connectivity index (χ4v) is 3.24. The monoisotopic (exact) mass is 408 g/mol. The molecular formula is C26H24N4O. The number of benzene rings is 3. The minimum absolute atomic E-state index is 0.0635. The van der Waals surface area contributed by atoms with Crippen molar-refractivity contribution in [3.05, 3.63) is 83.4 Å². The zero-order chi connectivity index (χ0) is 22.0. The quantitative estimate of drug-likeness (QED) is 0.440. The number of nitrogens with two attached hydrogens (primary N) is 2. The molecule has 1 heterocycles. The Kier molecular flexibility index (Phi) is 5.22. The molecule has 154 valence electrons. The summed E-state index contributed by atoms with van der Waals surface area (Å²) in [5.74, 6) is 7.94. The molecule has 5 heteroatoms. The van der Waals surface area contributed by atoms with Crippen LogP contribution in [0.5, 0.6) is 11.5 Å². The first-order chi connectivity index (χ1) is 14.8. The van der Waals surface area contributed by atoms with Gasteiger partial charge in [-0.2, -0.15) is 4.98 Å². The Bertz CT molecular complexity index is 1300. The van der Waals surface area contributed by atoms with Crippen LogP contribution in [0.1, 0.15) is 37.5 Å². The molecule has 0 unspecified atom stereocenters. The van der Waals surface area contributed by atoms with Crippen LogP contribution >= 0.6 is 0 Å². The molecule has 0 amide bonds. The van der Waals surface area contributed by atoms with Crippen LogP contribution < -0.4 is 16.2 Å². The molecule has 0 spiro atoms. The SMILES string of the molecule is CC(C)(C)c1ccc(Oc2cc(C#Cc3ccccc3)cc3nc(N)nc(N)c23)cc1. The van der Waals surface area contributed by atoms with Crippen molar-refractivity contribution in [2.45, 2.75) is 26.2 Å². The third-order valence-electron chi connectivity index (χ3n) is 4.88. The number of aromatic nitrogens is 2. The van der Waals surface area contributed by atoms with Gasteiger partial charge in [0.25, 0.3) is 0 Å². The van der Waals surface area contributed by atoms with Gasteiger partial charge in [-0.05, 0) is 47.4 Å². The molecule has 3 aromatic carbocycles. The fourth-order valence-electron chi connectivity index (χ4n) is 3.24. The third kappa shape index (κ3) is 4.59. The fraction of sp³-hybridized carbons (Fsp3) is 0.154. The van der Waals surface area contributed by atoms with Gasteiger partial charge in [-0.3, -0.25) is 0 Å². The Morgan fingerprint density at radius 2 is 1.48 bits per heavy atom. The normalized spacial score (nSPS) is 11.1. The van der Waals surface area contributed by atoms with Crippen molar-refractivity contribution in [3.63, 3.8) is 0 Å². The molecule has 4 N–H and O–H groups in total. The molecule has 4 aromatic rings. The molecule has 0 atom stereocenters. The van der Waals surface area contributed by atoms with E-state index in [0.29, 0.717) is 22.4 Å². The van der Waals surface area contributed by atoms with Gasteiger partial charge in [0, 0.05) is 11.1 Å². The lowest BCUT2D eigenvalue weighted by Gasteiger charge is -2.19. The molecule has 31 heavy (non-hydrogen) atoms. The van der Waals surface area contributed by atoms with Crippen molar-refractivity contribution in [2.75, 3.05) is 11.5 Å². The Hall–Kier alpha value is -4.04. The Balaban J connectivity index is 1.78. The minimum atomic E-state index is 0.0635. The van der Waals surface area contributed by atoms with Crippen LogP contribution in [0.25, 0.3) is 10.9 Å². The second-order valence-electron chi connectivity index (χ2n) is 8.33. The van der Waals surface area contributed by atoms with Crippen LogP contribution in [0.3, 0.4) is 0 Å². The number of hydrogen-bond acceptors (Lipinski definition) is 5. The highest BCUT2D eigenvalue weighted by molar-refractivity contribution is 5.95. The molecule has 0 fully saturated rings. The largest absolute Gasteiger partial charge is 0.456 e. The predicted molar refractivity (Wildman–Crippen MR) is 126 cm³/mol. The summed E-state index contributed by atoms with van der Waals surface area (Å²) >= 11 is 0. The van der Waals surface area contributed by atoms with E-state index < -0.39 is 0 Å². The van der Waals surface area contributed by atoms with Crippen molar-refractivity contribution in [1.82, 2.24) is 9.97 Å². The van der Waals surface area contributed by atoms with Crippen LogP contribution in [-0.4, -0.2) is 9.97 Å². The maximum Gasteiger partial charge on any atom is 0.222 e. The van der Waals surface area contributed by atoms with Crippen molar-refractivity contribution >= 4 is 22.7 Å². The number of nitrogen functional groups attached to an aromatic ring is 2. The zero-order valence-corrected chi connectivity index (χ0v) is 17.8. The van der Waals surface area contributed by atoms with E-state index in [2.05, 4.69) is 54.7 Å². The van der Waals surface area contributed by atoms with Crippen molar-refractivity contribution < 1.29 is 4.74 Å². The third-order valence-corrected chi connectivity index (χ3v) is 4.88. The average molecular weight is 409 g/mol. The maximum atomic E-state index is 6.20. The molecule has 5 nitrogen and oxygen atoms in total. The van der Waals surface area contributed by atoms with E-state index in [4.69, 9.17) is 16.2 Å². The standard InChI is InChI=1S/C26H24N4O/c1-26(2,3)19-11-13-20(14-12-19)31-22-16-18(10-9-17-7-5-4-6-8-17)15-21-23(22)24(27)30-25(28)29-21/h4-8,11-16H,1-3H3,(H4,27,28,29,30). The summed E-state index contributed by atoms with van der Waals surface area (Å²) in [6.45, 7) is 6.52. The Labute approximate surface area is 182 Å². The summed E-state index contributed by atoms with van der Waals surface area (Å²) < 4.78 is 6.20. The smallest absolute Gasteiger partial charge is 0.222 e. The van der Waals surface area contributed by atoms with Gasteiger partial charge in [0.15, 0.2) is 0 Å². The second-order valence-corrected chi connectivity index (χ2v) is 8.33. The lowest BCUT2D eigenvalue weighted by Crippen LogP contribution is -2.10. The summed E-state index contributed by atoms with van der Waals surface area (Å²) in [6.07, 6.45) is 0. The first-order valence-corrected chi connectivity index (χ1v) is 10.0. The molecule has 0 aliphatic rings. The predicted octanol–water partition coefficient (Wildman–Crippen LogP) is 5.28. The first-order valence-electron chi connectivity index (χ1n) is 10.0. The highest BCUT2D eigenvalue weighted by Crippen LogP contribution is 2.35. The molecule has 0 bridgehead atoms. The van der Waals surface area contributed by atoms with Gasteiger partial charge in [-0.25, -0.2) is 4.98 Å². The van der Waals surface area contributed by atoms with Gasteiger partial charge in [-0.1, -0.05) is 62.9 Å². The molecule has 4 rings (SSSR count). The lowest BCUT2D eigenvalue weighted by molar-refractivity contribution is 0.487. The van der Waals surface area contributed by atoms with Gasteiger partial charge in [0.2, 0.25) is 5.95 Å². The van der Waals surface area contributed by atoms with E-state index >= 15 is 0 Å². The van der Waals surface area contributed by atoms with E-state index in [1.807, 2.05) is 54.6 Å². The topological polar surface area (TPSA) is 87.0 Å². The van der Waals surface area contributed by atoms with Crippen LogP contribution in [0.15, 0.2) is 66.7 Å². The zero-order valence-electron chi connectivity index (χ0n) is 17.8. The highest BCUT2D eigenvalue weighted by atomic mass is 16.5. The number of rotatable bonds is 2. The molecule has 0 aliphatic heterocycles. The van der Waals surface area contributed by atoms with E-state index in [0.717, 1.165) is 11.1 Å². The van der Waals surface area contributed by atoms with E-state index in [-0.39, 0.29) is 17.2 Å². The molecule has 0 aliphatic carbocycles. The minimum Gasteiger partial charge on any atom is -0.456 e. The summed E-state index contributed by atoms with van der Waals surface area (Å²) in [5, 5.41) is 0.611. The average Bonchev–Trinajstić information content (AvgIpc) is 2.72. The van der Waals surface area contributed by atoms with Crippen molar-refractivity contribution in [3.8, 4) is 23.3 Å². The Morgan fingerprint density at radius 1 is 0.806 bits per heavy atom. The van der Waals surface area contributed by atoms with Gasteiger partial charge in [0.05, 0.1) is 10.9 Å². The maximum absolute atomic E-state index is 6.20. The van der Waals surface area contributed by atoms with E-state index in [9.17, 15) is 0 Å². The van der Waals surface area contributed by atoms with Crippen molar-refractivity contribution in [1.29, 1.82) is 0 Å². The van der Waals surface area contributed by atoms with Crippen LogP contribution in [0.4, 0.5) is 11.8 Å². The van der Waals surface area contributed by atoms with Crippen molar-refractivity contribution in [2.24, 2.45) is 0 Å². The first kappa shape index (κ1) is 20.2. The number of fused-ring (bicyclic) bond motifs is 1. The summed E-state index contributed by atoms with van der Waals surface area (Å²) in [7, 11) is 0. The number of anilines is 2. The summed E-state index contributed by atoms with van der Waals surface area (Å²) in [5.41, 5.74) is 15.5. The lowest BCUT2D eigenvalue weighted by atomic mass is 9.87. The number of ether oxygens (including phenoxy) is 1. The molecule has 0 radical (unpaired) electrons. The van der Waals surface area contributed by atoms with Gasteiger partial charge in [0.1, 0.15) is 17.3 Å². The van der Waals surface area contributed by atoms with Gasteiger partial charge in [-0.15, -0.1) is 0 Å². The Morgan fingerprint density at radius 3 is 2.16 bits per heavy atom. The summed E-state index contributed by atoms with van der Waals surface area (Å²) in [4.78, 5) is 8.44. The molecule has 0 saturated heterocycles. The molecular weight excluding hydrogens is 384 g/mol. The molecule has 0 saturated carbocycles. The molecule has 1 aromatic heterocycles. The van der Waals surface area contributed by atoms with Crippen LogP contribution in [-0.2, 0) is 5.41 Å². The van der Waals surface area contributed by atoms with E-state index in [1.165, 1.54) is 5.56 Å². The van der Waals surface area contributed by atoms with Crippen LogP contribution in [0, 0.1) is 11.8 Å². The number of nitrogens with zero attached hydrogens (tertiary/aromatic N) is 2. The summed E-state index contributed by atoms with van der Waals surface area (Å²) in [6, 6.07) is 21.5. The van der Waals surface area contributed by atoms with Crippen LogP contribution in [0.2, 0.25) is 0 Å². The van der Waals surface area contributed by atoms with Gasteiger partial charge < -0.3 is 16.2 Å². The number of hydrogen-bond donors (Lipinski definition) is 2. The van der Waals surface area contributed by atoms with E-state index in [1.54, 1.807) is 0 Å².